The molecule has 0 atom stereocenters. The Morgan fingerprint density at radius 1 is 0.974 bits per heavy atom. The van der Waals surface area contributed by atoms with Crippen molar-refractivity contribution in [2.75, 3.05) is 18.0 Å². The van der Waals surface area contributed by atoms with Crippen molar-refractivity contribution in [3.05, 3.63) is 78.9 Å². The third-order valence-corrected chi connectivity index (χ3v) is 7.62. The number of hydrogen-bond donors (Lipinski definition) is 0. The molecular weight excluding hydrogens is 509 g/mol. The number of rotatable bonds is 4. The van der Waals surface area contributed by atoms with E-state index in [1.54, 1.807) is 42.0 Å². The topological polar surface area (TPSA) is 92.2 Å². The molecule has 2 amide bonds. The van der Waals surface area contributed by atoms with Crippen LogP contribution in [-0.2, 0) is 21.5 Å². The van der Waals surface area contributed by atoms with Crippen LogP contribution >= 0.6 is 0 Å². The van der Waals surface area contributed by atoms with Gasteiger partial charge < -0.3 is 9.80 Å². The van der Waals surface area contributed by atoms with E-state index in [0.717, 1.165) is 27.5 Å². The largest absolute Gasteiger partial charge is 0.397 e. The SMILES string of the molecule is O=C(CC(F)(F)F)N1CCC2(CC1)C(=O)N(Cc1ncc3ccccc3c1-c1cncnc1)c1cnccc12. The number of anilines is 1. The highest BCUT2D eigenvalue weighted by Gasteiger charge is 2.53. The summed E-state index contributed by atoms with van der Waals surface area (Å²) in [6.45, 7) is 0.291. The molecule has 0 N–H and O–H groups in total. The first-order valence-corrected chi connectivity index (χ1v) is 12.5. The van der Waals surface area contributed by atoms with E-state index in [2.05, 4.69) is 15.0 Å². The first-order chi connectivity index (χ1) is 18.8. The van der Waals surface area contributed by atoms with Crippen molar-refractivity contribution < 1.29 is 22.8 Å². The Balaban J connectivity index is 1.35. The van der Waals surface area contributed by atoms with Crippen molar-refractivity contribution in [1.82, 2.24) is 24.8 Å². The fourth-order valence-electron chi connectivity index (χ4n) is 5.77. The molecule has 0 bridgehead atoms. The number of pyridine rings is 2. The summed E-state index contributed by atoms with van der Waals surface area (Å²) in [5.74, 6) is -1.14. The van der Waals surface area contributed by atoms with Gasteiger partial charge in [0.25, 0.3) is 0 Å². The Morgan fingerprint density at radius 2 is 1.72 bits per heavy atom. The van der Waals surface area contributed by atoms with Gasteiger partial charge in [0.2, 0.25) is 11.8 Å². The molecule has 2 aliphatic rings. The van der Waals surface area contributed by atoms with Crippen LogP contribution in [0.3, 0.4) is 0 Å². The summed E-state index contributed by atoms with van der Waals surface area (Å²) in [7, 11) is 0. The Bertz CT molecular complexity index is 1570. The zero-order valence-corrected chi connectivity index (χ0v) is 20.7. The quantitative estimate of drug-likeness (QED) is 0.386. The van der Waals surface area contributed by atoms with Crippen molar-refractivity contribution in [1.29, 1.82) is 0 Å². The molecule has 8 nitrogen and oxygen atoms in total. The van der Waals surface area contributed by atoms with Crippen LogP contribution in [-0.4, -0.2) is 55.9 Å². The summed E-state index contributed by atoms with van der Waals surface area (Å²) in [6, 6.07) is 9.60. The van der Waals surface area contributed by atoms with E-state index in [1.165, 1.54) is 11.2 Å². The van der Waals surface area contributed by atoms with Crippen LogP contribution in [0.25, 0.3) is 21.9 Å². The molecular formula is C28H23F3N6O2. The molecule has 0 aliphatic carbocycles. The number of likely N-dealkylation sites (tertiary alicyclic amines) is 1. The maximum atomic E-state index is 14.1. The van der Waals surface area contributed by atoms with E-state index in [1.807, 2.05) is 24.3 Å². The smallest absolute Gasteiger partial charge is 0.342 e. The summed E-state index contributed by atoms with van der Waals surface area (Å²) in [4.78, 5) is 46.5. The van der Waals surface area contributed by atoms with Gasteiger partial charge in [-0.2, -0.15) is 13.2 Å². The molecule has 198 valence electrons. The third-order valence-electron chi connectivity index (χ3n) is 7.62. The molecule has 1 saturated heterocycles. The van der Waals surface area contributed by atoms with Crippen molar-refractivity contribution >= 4 is 28.3 Å². The van der Waals surface area contributed by atoms with Gasteiger partial charge in [0.1, 0.15) is 12.7 Å². The van der Waals surface area contributed by atoms with Gasteiger partial charge in [0.05, 0.1) is 29.5 Å². The number of halogens is 3. The summed E-state index contributed by atoms with van der Waals surface area (Å²) >= 11 is 0. The molecule has 0 unspecified atom stereocenters. The molecule has 11 heteroatoms. The lowest BCUT2D eigenvalue weighted by Crippen LogP contribution is -2.50. The summed E-state index contributed by atoms with van der Waals surface area (Å²) in [5.41, 5.74) is 2.71. The van der Waals surface area contributed by atoms with Gasteiger partial charge in [-0.15, -0.1) is 0 Å². The highest BCUT2D eigenvalue weighted by atomic mass is 19.4. The van der Waals surface area contributed by atoms with Gasteiger partial charge in [-0.3, -0.25) is 19.6 Å². The summed E-state index contributed by atoms with van der Waals surface area (Å²) in [6.07, 6.45) is 4.26. The lowest BCUT2D eigenvalue weighted by atomic mass is 9.74. The highest BCUT2D eigenvalue weighted by Crippen LogP contribution is 2.48. The van der Waals surface area contributed by atoms with Crippen molar-refractivity contribution in [3.8, 4) is 11.1 Å². The Morgan fingerprint density at radius 3 is 2.46 bits per heavy atom. The van der Waals surface area contributed by atoms with Gasteiger partial charge in [-0.05, 0) is 29.9 Å². The van der Waals surface area contributed by atoms with Crippen LogP contribution in [0.4, 0.5) is 18.9 Å². The fraction of sp³-hybridized carbons (Fsp3) is 0.286. The number of aromatic nitrogens is 4. The van der Waals surface area contributed by atoms with Crippen LogP contribution < -0.4 is 4.90 Å². The average Bonchev–Trinajstić information content (AvgIpc) is 3.15. The van der Waals surface area contributed by atoms with Gasteiger partial charge in [-0.1, -0.05) is 24.3 Å². The molecule has 2 aliphatic heterocycles. The van der Waals surface area contributed by atoms with Gasteiger partial charge >= 0.3 is 6.18 Å². The van der Waals surface area contributed by atoms with Crippen LogP contribution in [0.5, 0.6) is 0 Å². The van der Waals surface area contributed by atoms with Gasteiger partial charge in [0, 0.05) is 54.4 Å². The second-order valence-electron chi connectivity index (χ2n) is 9.83. The maximum Gasteiger partial charge on any atom is 0.397 e. The van der Waals surface area contributed by atoms with E-state index in [9.17, 15) is 22.8 Å². The lowest BCUT2D eigenvalue weighted by molar-refractivity contribution is -0.163. The Hall–Kier alpha value is -4.41. The zero-order valence-electron chi connectivity index (χ0n) is 20.7. The average molecular weight is 533 g/mol. The minimum atomic E-state index is -4.57. The normalized spacial score (nSPS) is 16.6. The number of carbonyl (C=O) groups is 2. The second-order valence-corrected chi connectivity index (χ2v) is 9.83. The van der Waals surface area contributed by atoms with Crippen molar-refractivity contribution in [2.45, 2.75) is 37.4 Å². The monoisotopic (exact) mass is 532 g/mol. The van der Waals surface area contributed by atoms with E-state index in [-0.39, 0.29) is 38.4 Å². The standard InChI is InChI=1S/C28H23F3N6O2/c29-28(30,31)11-24(38)36-9-6-27(7-10-36)21-5-8-32-15-23(21)37(26(27)39)16-22-25(19-12-33-17-34-13-19)20-4-2-1-3-18(20)14-35-22/h1-5,8,12-15,17H,6-7,9-11,16H2. The molecule has 3 aromatic heterocycles. The lowest BCUT2D eigenvalue weighted by Gasteiger charge is -2.38. The summed E-state index contributed by atoms with van der Waals surface area (Å²) in [5, 5.41) is 1.88. The highest BCUT2D eigenvalue weighted by molar-refractivity contribution is 6.08. The second kappa shape index (κ2) is 9.40. The van der Waals surface area contributed by atoms with E-state index < -0.39 is 23.9 Å². The van der Waals surface area contributed by atoms with Crippen LogP contribution in [0, 0.1) is 0 Å². The molecule has 0 radical (unpaired) electrons. The first kappa shape index (κ1) is 24.9. The van der Waals surface area contributed by atoms with Crippen molar-refractivity contribution in [2.24, 2.45) is 0 Å². The predicted octanol–water partition coefficient (Wildman–Crippen LogP) is 4.45. The number of carbonyl (C=O) groups excluding carboxylic acids is 2. The van der Waals surface area contributed by atoms with Gasteiger partial charge in [0.15, 0.2) is 0 Å². The Labute approximate surface area is 221 Å². The molecule has 5 heterocycles. The van der Waals surface area contributed by atoms with Crippen LogP contribution in [0.1, 0.15) is 30.5 Å². The number of fused-ring (bicyclic) bond motifs is 3. The first-order valence-electron chi connectivity index (χ1n) is 12.5. The third kappa shape index (κ3) is 4.37. The molecule has 1 spiro atoms. The Kier molecular flexibility index (Phi) is 6.00. The number of nitrogens with zero attached hydrogens (tertiary/aromatic N) is 6. The summed E-state index contributed by atoms with van der Waals surface area (Å²) < 4.78 is 38.4. The molecule has 39 heavy (non-hydrogen) atoms. The van der Waals surface area contributed by atoms with Crippen LogP contribution in [0.15, 0.2) is 67.6 Å². The number of benzene rings is 1. The fourth-order valence-corrected chi connectivity index (χ4v) is 5.77. The van der Waals surface area contributed by atoms with E-state index in [0.29, 0.717) is 11.4 Å². The van der Waals surface area contributed by atoms with Gasteiger partial charge in [-0.25, -0.2) is 9.97 Å². The molecule has 1 fully saturated rings. The van der Waals surface area contributed by atoms with Crippen molar-refractivity contribution in [3.63, 3.8) is 0 Å². The predicted molar refractivity (Wildman–Crippen MR) is 136 cm³/mol. The number of hydrogen-bond acceptors (Lipinski definition) is 6. The molecule has 6 rings (SSSR count). The minimum Gasteiger partial charge on any atom is -0.342 e. The number of amides is 2. The molecule has 4 aromatic rings. The van der Waals surface area contributed by atoms with E-state index >= 15 is 0 Å². The number of alkyl halides is 3. The molecule has 1 aromatic carbocycles. The zero-order chi connectivity index (χ0) is 27.2. The van der Waals surface area contributed by atoms with Crippen LogP contribution in [0.2, 0.25) is 0 Å². The molecule has 0 saturated carbocycles. The maximum absolute atomic E-state index is 14.1. The number of piperidine rings is 1. The van der Waals surface area contributed by atoms with E-state index in [4.69, 9.17) is 4.98 Å². The minimum absolute atomic E-state index is 0.0666.